The van der Waals surface area contributed by atoms with Crippen molar-refractivity contribution in [3.05, 3.63) is 46.0 Å². The number of urea groups is 1. The van der Waals surface area contributed by atoms with Crippen LogP contribution in [-0.2, 0) is 12.8 Å². The van der Waals surface area contributed by atoms with Gasteiger partial charge in [0, 0.05) is 34.7 Å². The number of carbonyl (C=O) groups excluding carboxylic acids is 1. The number of anilines is 2. The molecule has 0 aliphatic carbocycles. The Hall–Kier alpha value is -2.40. The van der Waals surface area contributed by atoms with Crippen molar-refractivity contribution in [1.82, 2.24) is 0 Å². The Balaban J connectivity index is 1.60. The summed E-state index contributed by atoms with van der Waals surface area (Å²) >= 11 is 5.95. The fraction of sp³-hybridized carbons (Fsp3) is 0.278. The van der Waals surface area contributed by atoms with Gasteiger partial charge in [0.1, 0.15) is 11.5 Å². The Morgan fingerprint density at radius 1 is 1.12 bits per heavy atom. The molecule has 2 N–H and O–H groups in total. The first-order chi connectivity index (χ1) is 11.6. The molecule has 2 aliphatic rings. The van der Waals surface area contributed by atoms with E-state index in [1.165, 1.54) is 0 Å². The highest BCUT2D eigenvalue weighted by molar-refractivity contribution is 6.30. The third-order valence-corrected chi connectivity index (χ3v) is 4.56. The molecule has 4 rings (SSSR count). The van der Waals surface area contributed by atoms with E-state index in [0.29, 0.717) is 18.2 Å². The zero-order chi connectivity index (χ0) is 16.7. The van der Waals surface area contributed by atoms with Crippen molar-refractivity contribution >= 4 is 29.0 Å². The average molecular weight is 345 g/mol. The Morgan fingerprint density at radius 2 is 1.96 bits per heavy atom. The molecule has 0 spiro atoms. The predicted octanol–water partition coefficient (Wildman–Crippen LogP) is 4.16. The summed E-state index contributed by atoms with van der Waals surface area (Å²) in [6.45, 7) is 3.16. The molecular weight excluding hydrogens is 328 g/mol. The van der Waals surface area contributed by atoms with E-state index in [0.717, 1.165) is 52.4 Å². The van der Waals surface area contributed by atoms with Crippen LogP contribution in [0.5, 0.6) is 11.5 Å². The number of nitrogens with one attached hydrogen (secondary N) is 2. The van der Waals surface area contributed by atoms with Gasteiger partial charge in [0.15, 0.2) is 0 Å². The summed E-state index contributed by atoms with van der Waals surface area (Å²) in [7, 11) is 0. The van der Waals surface area contributed by atoms with Crippen LogP contribution in [-0.4, -0.2) is 19.2 Å². The van der Waals surface area contributed by atoms with Gasteiger partial charge in [-0.25, -0.2) is 4.79 Å². The number of ether oxygens (including phenoxy) is 2. The van der Waals surface area contributed by atoms with Crippen molar-refractivity contribution < 1.29 is 14.3 Å². The Morgan fingerprint density at radius 3 is 2.79 bits per heavy atom. The molecule has 2 heterocycles. The predicted molar refractivity (Wildman–Crippen MR) is 93.7 cm³/mol. The molecule has 5 nitrogen and oxygen atoms in total. The highest BCUT2D eigenvalue weighted by atomic mass is 35.5. The van der Waals surface area contributed by atoms with Crippen molar-refractivity contribution in [2.75, 3.05) is 23.8 Å². The van der Waals surface area contributed by atoms with Gasteiger partial charge in [-0.05, 0) is 36.8 Å². The van der Waals surface area contributed by atoms with E-state index in [4.69, 9.17) is 21.1 Å². The minimum Gasteiger partial charge on any atom is -0.493 e. The monoisotopic (exact) mass is 344 g/mol. The third kappa shape index (κ3) is 2.65. The van der Waals surface area contributed by atoms with E-state index >= 15 is 0 Å². The van der Waals surface area contributed by atoms with E-state index in [2.05, 4.69) is 10.6 Å². The molecule has 124 valence electrons. The zero-order valence-electron chi connectivity index (χ0n) is 13.2. The SMILES string of the molecule is Cc1cc(Cl)ccc1NC(=O)Nc1c2c(cc3c1OCC3)OCC2. The highest BCUT2D eigenvalue weighted by Crippen LogP contribution is 2.44. The van der Waals surface area contributed by atoms with Crippen LogP contribution in [0.3, 0.4) is 0 Å². The van der Waals surface area contributed by atoms with Gasteiger partial charge >= 0.3 is 6.03 Å². The molecule has 2 aromatic carbocycles. The lowest BCUT2D eigenvalue weighted by Crippen LogP contribution is -2.21. The minimum atomic E-state index is -0.307. The van der Waals surface area contributed by atoms with Gasteiger partial charge < -0.3 is 20.1 Å². The van der Waals surface area contributed by atoms with Gasteiger partial charge in [0.25, 0.3) is 0 Å². The standard InChI is InChI=1S/C18H17ClN2O3/c1-10-8-12(19)2-3-14(10)20-18(22)21-16-13-5-7-23-15(13)9-11-4-6-24-17(11)16/h2-3,8-9H,4-7H2,1H3,(H2,20,21,22). The van der Waals surface area contributed by atoms with Gasteiger partial charge in [-0.3, -0.25) is 0 Å². The topological polar surface area (TPSA) is 59.6 Å². The highest BCUT2D eigenvalue weighted by Gasteiger charge is 2.27. The summed E-state index contributed by atoms with van der Waals surface area (Å²) in [4.78, 5) is 12.5. The fourth-order valence-electron chi connectivity index (χ4n) is 3.15. The quantitative estimate of drug-likeness (QED) is 0.859. The van der Waals surface area contributed by atoms with Crippen LogP contribution in [0.4, 0.5) is 16.2 Å². The van der Waals surface area contributed by atoms with E-state index in [9.17, 15) is 4.79 Å². The average Bonchev–Trinajstić information content (AvgIpc) is 3.18. The Bertz CT molecular complexity index is 803. The number of halogens is 1. The lowest BCUT2D eigenvalue weighted by Gasteiger charge is -2.15. The summed E-state index contributed by atoms with van der Waals surface area (Å²) in [6, 6.07) is 7.07. The first-order valence-corrected chi connectivity index (χ1v) is 8.28. The van der Waals surface area contributed by atoms with Crippen molar-refractivity contribution in [2.24, 2.45) is 0 Å². The molecule has 2 aliphatic heterocycles. The maximum Gasteiger partial charge on any atom is 0.323 e. The Labute approximate surface area is 144 Å². The van der Waals surface area contributed by atoms with Crippen molar-refractivity contribution in [2.45, 2.75) is 19.8 Å². The molecule has 24 heavy (non-hydrogen) atoms. The van der Waals surface area contributed by atoms with Gasteiger partial charge in [0.2, 0.25) is 0 Å². The van der Waals surface area contributed by atoms with Crippen LogP contribution in [0.15, 0.2) is 24.3 Å². The van der Waals surface area contributed by atoms with Crippen LogP contribution >= 0.6 is 11.6 Å². The molecule has 0 radical (unpaired) electrons. The van der Waals surface area contributed by atoms with E-state index in [-0.39, 0.29) is 6.03 Å². The first-order valence-electron chi connectivity index (χ1n) is 7.90. The molecule has 0 atom stereocenters. The van der Waals surface area contributed by atoms with Gasteiger partial charge in [-0.2, -0.15) is 0 Å². The van der Waals surface area contributed by atoms with E-state index in [1.807, 2.05) is 19.1 Å². The normalized spacial score (nSPS) is 14.4. The van der Waals surface area contributed by atoms with Crippen molar-refractivity contribution in [3.63, 3.8) is 0 Å². The van der Waals surface area contributed by atoms with Gasteiger partial charge in [0.05, 0.1) is 18.9 Å². The second-order valence-electron chi connectivity index (χ2n) is 5.95. The number of aryl methyl sites for hydroxylation is 1. The molecule has 0 aromatic heterocycles. The largest absolute Gasteiger partial charge is 0.493 e. The molecule has 2 amide bonds. The van der Waals surface area contributed by atoms with Gasteiger partial charge in [-0.1, -0.05) is 11.6 Å². The number of carbonyl (C=O) groups is 1. The zero-order valence-corrected chi connectivity index (χ0v) is 14.0. The number of fused-ring (bicyclic) bond motifs is 2. The summed E-state index contributed by atoms with van der Waals surface area (Å²) in [5.41, 5.74) is 4.42. The summed E-state index contributed by atoms with van der Waals surface area (Å²) in [5.74, 6) is 1.61. The van der Waals surface area contributed by atoms with Crippen molar-refractivity contribution in [3.8, 4) is 11.5 Å². The van der Waals surface area contributed by atoms with Gasteiger partial charge in [-0.15, -0.1) is 0 Å². The van der Waals surface area contributed by atoms with E-state index in [1.54, 1.807) is 12.1 Å². The third-order valence-electron chi connectivity index (χ3n) is 4.33. The lowest BCUT2D eigenvalue weighted by molar-refractivity contribution is 0.262. The maximum atomic E-state index is 12.5. The Kier molecular flexibility index (Phi) is 3.73. The molecular formula is C18H17ClN2O3. The molecule has 6 heteroatoms. The van der Waals surface area contributed by atoms with Crippen LogP contribution in [0, 0.1) is 6.92 Å². The summed E-state index contributed by atoms with van der Waals surface area (Å²) in [6.07, 6.45) is 1.60. The fourth-order valence-corrected chi connectivity index (χ4v) is 3.38. The number of hydrogen-bond donors (Lipinski definition) is 2. The molecule has 0 fully saturated rings. The maximum absolute atomic E-state index is 12.5. The molecule has 0 unspecified atom stereocenters. The summed E-state index contributed by atoms with van der Waals surface area (Å²) < 4.78 is 11.4. The number of hydrogen-bond acceptors (Lipinski definition) is 3. The number of benzene rings is 2. The smallest absolute Gasteiger partial charge is 0.323 e. The first kappa shape index (κ1) is 15.1. The number of amides is 2. The molecule has 0 bridgehead atoms. The second kappa shape index (κ2) is 5.91. The molecule has 0 saturated carbocycles. The van der Waals surface area contributed by atoms with Crippen LogP contribution < -0.4 is 20.1 Å². The molecule has 0 saturated heterocycles. The summed E-state index contributed by atoms with van der Waals surface area (Å²) in [5, 5.41) is 6.45. The number of rotatable bonds is 2. The second-order valence-corrected chi connectivity index (χ2v) is 6.39. The lowest BCUT2D eigenvalue weighted by atomic mass is 10.0. The molecule has 2 aromatic rings. The van der Waals surface area contributed by atoms with Crippen LogP contribution in [0.25, 0.3) is 0 Å². The minimum absolute atomic E-state index is 0.307. The van der Waals surface area contributed by atoms with E-state index < -0.39 is 0 Å². The van der Waals surface area contributed by atoms with Crippen molar-refractivity contribution in [1.29, 1.82) is 0 Å². The van der Waals surface area contributed by atoms with Crippen LogP contribution in [0.1, 0.15) is 16.7 Å². The van der Waals surface area contributed by atoms with Crippen LogP contribution in [0.2, 0.25) is 5.02 Å².